The number of aromatic nitrogens is 3. The first-order chi connectivity index (χ1) is 17.4. The Bertz CT molecular complexity index is 1430. The molecule has 1 unspecified atom stereocenters. The number of nitrogens with two attached hydrogens (primary N) is 1. The summed E-state index contributed by atoms with van der Waals surface area (Å²) >= 11 is 0. The average Bonchev–Trinajstić information content (AvgIpc) is 3.28. The Morgan fingerprint density at radius 1 is 1.28 bits per heavy atom. The molecule has 0 spiro atoms. The number of nitriles is 1. The Morgan fingerprint density at radius 3 is 2.83 bits per heavy atom. The van der Waals surface area contributed by atoms with Crippen LogP contribution in [-0.2, 0) is 13.1 Å². The molecule has 3 aromatic rings. The molecule has 2 aromatic heterocycles. The second-order valence-corrected chi connectivity index (χ2v) is 9.12. The molecule has 2 atom stereocenters. The van der Waals surface area contributed by atoms with Crippen molar-refractivity contribution in [2.45, 2.75) is 45.2 Å². The first-order valence-electron chi connectivity index (χ1n) is 11.9. The largest absolute Gasteiger partial charge is 0.356 e. The number of aliphatic hydroxyl groups excluding tert-OH is 1. The molecule has 184 valence electrons. The van der Waals surface area contributed by atoms with Crippen LogP contribution < -0.4 is 15.5 Å². The number of rotatable bonds is 4. The van der Waals surface area contributed by atoms with Crippen molar-refractivity contribution < 1.29 is 9.90 Å². The molecular weight excluding hydrogens is 456 g/mol. The Balaban J connectivity index is 1.57. The quantitative estimate of drug-likeness (QED) is 0.535. The van der Waals surface area contributed by atoms with Gasteiger partial charge in [-0.05, 0) is 31.9 Å². The number of para-hydroxylation sites is 1. The van der Waals surface area contributed by atoms with Gasteiger partial charge in [0.05, 0.1) is 29.9 Å². The van der Waals surface area contributed by atoms with Crippen molar-refractivity contribution in [3.05, 3.63) is 47.3 Å². The third-order valence-electron chi connectivity index (χ3n) is 6.75. The predicted octanol–water partition coefficient (Wildman–Crippen LogP) is 1.62. The van der Waals surface area contributed by atoms with Gasteiger partial charge in [0.1, 0.15) is 6.07 Å². The van der Waals surface area contributed by atoms with Crippen LogP contribution in [0.4, 0.5) is 11.8 Å². The van der Waals surface area contributed by atoms with Gasteiger partial charge in [-0.15, -0.1) is 5.92 Å². The molecule has 5 rings (SSSR count). The van der Waals surface area contributed by atoms with Crippen LogP contribution in [0, 0.1) is 23.2 Å². The number of carbonyl (C=O) groups is 1. The van der Waals surface area contributed by atoms with Crippen molar-refractivity contribution in [2.75, 3.05) is 29.9 Å². The summed E-state index contributed by atoms with van der Waals surface area (Å²) in [7, 11) is 1.69. The summed E-state index contributed by atoms with van der Waals surface area (Å²) < 4.78 is 1.81. The Hall–Kier alpha value is -4.12. The first-order valence-corrected chi connectivity index (χ1v) is 11.9. The summed E-state index contributed by atoms with van der Waals surface area (Å²) in [5, 5.41) is 21.7. The zero-order chi connectivity index (χ0) is 25.4. The van der Waals surface area contributed by atoms with Crippen LogP contribution in [0.5, 0.6) is 0 Å². The van der Waals surface area contributed by atoms with Crippen molar-refractivity contribution >= 4 is 28.6 Å². The van der Waals surface area contributed by atoms with E-state index in [1.165, 1.54) is 4.90 Å². The highest BCUT2D eigenvalue weighted by Gasteiger charge is 2.41. The molecule has 1 aromatic carbocycles. The number of fused-ring (bicyclic) bond motifs is 2. The van der Waals surface area contributed by atoms with Crippen LogP contribution in [0.1, 0.15) is 41.5 Å². The maximum atomic E-state index is 13.9. The SMILES string of the molecule is CC#CCn1c(N2CCC[C@@H](N)C2)nc2c1C(=O)N(Cc1nc3ccccc3cc1C#N)C(O)N2C. The fraction of sp³-hybridized carbons (Fsp3) is 0.385. The number of benzene rings is 1. The minimum atomic E-state index is -1.28. The normalized spacial score (nSPS) is 19.6. The van der Waals surface area contributed by atoms with Crippen LogP contribution in [0.2, 0.25) is 0 Å². The number of aliphatic hydroxyl groups is 1. The summed E-state index contributed by atoms with van der Waals surface area (Å²) in [6, 6.07) is 11.4. The van der Waals surface area contributed by atoms with Gasteiger partial charge < -0.3 is 20.6 Å². The maximum absolute atomic E-state index is 13.9. The molecule has 2 aliphatic heterocycles. The first kappa shape index (κ1) is 23.6. The van der Waals surface area contributed by atoms with E-state index in [9.17, 15) is 15.2 Å². The van der Waals surface area contributed by atoms with E-state index >= 15 is 0 Å². The van der Waals surface area contributed by atoms with Gasteiger partial charge in [-0.25, -0.2) is 4.98 Å². The summed E-state index contributed by atoms with van der Waals surface area (Å²) in [5.74, 6) is 6.56. The molecule has 1 amide bonds. The fourth-order valence-corrected chi connectivity index (χ4v) is 4.87. The molecule has 36 heavy (non-hydrogen) atoms. The lowest BCUT2D eigenvalue weighted by Crippen LogP contribution is -2.54. The number of pyridine rings is 1. The third kappa shape index (κ3) is 4.01. The lowest BCUT2D eigenvalue weighted by molar-refractivity contribution is -0.00129. The Kier molecular flexibility index (Phi) is 6.23. The highest BCUT2D eigenvalue weighted by molar-refractivity contribution is 6.00. The van der Waals surface area contributed by atoms with Crippen molar-refractivity contribution in [1.82, 2.24) is 19.4 Å². The monoisotopic (exact) mass is 484 g/mol. The van der Waals surface area contributed by atoms with Crippen LogP contribution in [-0.4, -0.2) is 63.0 Å². The molecule has 0 bridgehead atoms. The lowest BCUT2D eigenvalue weighted by atomic mass is 10.1. The van der Waals surface area contributed by atoms with Gasteiger partial charge >= 0.3 is 0 Å². The Labute approximate surface area is 209 Å². The maximum Gasteiger partial charge on any atom is 0.278 e. The van der Waals surface area contributed by atoms with E-state index in [1.807, 2.05) is 24.3 Å². The van der Waals surface area contributed by atoms with Gasteiger partial charge in [-0.1, -0.05) is 24.1 Å². The third-order valence-corrected chi connectivity index (χ3v) is 6.75. The van der Waals surface area contributed by atoms with Crippen LogP contribution in [0.25, 0.3) is 10.9 Å². The number of nitrogens with zero attached hydrogens (tertiary/aromatic N) is 7. The molecule has 0 saturated carbocycles. The van der Waals surface area contributed by atoms with E-state index < -0.39 is 12.3 Å². The molecule has 0 aliphatic carbocycles. The highest BCUT2D eigenvalue weighted by atomic mass is 16.3. The zero-order valence-electron chi connectivity index (χ0n) is 20.3. The summed E-state index contributed by atoms with van der Waals surface area (Å²) in [6.07, 6.45) is 0.597. The van der Waals surface area contributed by atoms with E-state index in [1.54, 1.807) is 29.5 Å². The number of imidazole rings is 1. The van der Waals surface area contributed by atoms with Crippen LogP contribution in [0.15, 0.2) is 30.3 Å². The van der Waals surface area contributed by atoms with E-state index in [-0.39, 0.29) is 19.1 Å². The highest BCUT2D eigenvalue weighted by Crippen LogP contribution is 2.34. The van der Waals surface area contributed by atoms with Gasteiger partial charge in [-0.3, -0.25) is 14.3 Å². The molecule has 0 radical (unpaired) electrons. The van der Waals surface area contributed by atoms with E-state index in [0.717, 1.165) is 24.8 Å². The smallest absolute Gasteiger partial charge is 0.278 e. The summed E-state index contributed by atoms with van der Waals surface area (Å²) in [5.41, 5.74) is 8.06. The van der Waals surface area contributed by atoms with E-state index in [0.29, 0.717) is 40.8 Å². The van der Waals surface area contributed by atoms with Gasteiger partial charge in [0, 0.05) is 31.6 Å². The van der Waals surface area contributed by atoms with E-state index in [4.69, 9.17) is 10.7 Å². The van der Waals surface area contributed by atoms with Gasteiger partial charge in [0.25, 0.3) is 5.91 Å². The average molecular weight is 485 g/mol. The van der Waals surface area contributed by atoms with Crippen molar-refractivity contribution in [1.29, 1.82) is 5.26 Å². The topological polar surface area (TPSA) is 128 Å². The van der Waals surface area contributed by atoms with Crippen LogP contribution >= 0.6 is 0 Å². The minimum absolute atomic E-state index is 0.0251. The summed E-state index contributed by atoms with van der Waals surface area (Å²) in [6.45, 7) is 3.40. The van der Waals surface area contributed by atoms with Crippen molar-refractivity contribution in [2.24, 2.45) is 5.73 Å². The fourth-order valence-electron chi connectivity index (χ4n) is 4.87. The minimum Gasteiger partial charge on any atom is -0.356 e. The van der Waals surface area contributed by atoms with Crippen molar-refractivity contribution in [3.8, 4) is 17.9 Å². The number of hydrogen-bond donors (Lipinski definition) is 2. The molecule has 4 heterocycles. The van der Waals surface area contributed by atoms with E-state index in [2.05, 4.69) is 27.8 Å². The number of amides is 1. The number of anilines is 2. The van der Waals surface area contributed by atoms with Gasteiger partial charge in [0.15, 0.2) is 11.5 Å². The van der Waals surface area contributed by atoms with Gasteiger partial charge in [-0.2, -0.15) is 10.2 Å². The molecule has 10 heteroatoms. The molecule has 10 nitrogen and oxygen atoms in total. The Morgan fingerprint density at radius 2 is 2.08 bits per heavy atom. The molecule has 3 N–H and O–H groups in total. The number of piperidine rings is 1. The predicted molar refractivity (Wildman–Crippen MR) is 136 cm³/mol. The zero-order valence-corrected chi connectivity index (χ0v) is 20.3. The van der Waals surface area contributed by atoms with Gasteiger partial charge in [0.2, 0.25) is 12.3 Å². The summed E-state index contributed by atoms with van der Waals surface area (Å²) in [4.78, 5) is 28.2. The second-order valence-electron chi connectivity index (χ2n) is 9.12. The standard InChI is InChI=1S/C26H28N8O2/c1-3-4-12-33-22-23(30-25(33)32-11-7-9-19(28)15-32)31(2)26(36)34(24(22)35)16-21-18(14-27)13-17-8-5-6-10-20(17)29-21/h5-6,8,10,13,19,26,36H,7,9,11-12,15-16,28H2,1-2H3/t19-,26?/m1/s1. The van der Waals surface area contributed by atoms with Crippen LogP contribution in [0.3, 0.4) is 0 Å². The number of hydrogen-bond acceptors (Lipinski definition) is 8. The molecule has 1 fully saturated rings. The molecular formula is C26H28N8O2. The van der Waals surface area contributed by atoms with Crippen molar-refractivity contribution in [3.63, 3.8) is 0 Å². The second kappa shape index (κ2) is 9.50. The molecule has 2 aliphatic rings. The molecule has 1 saturated heterocycles. The number of carbonyl (C=O) groups excluding carboxylic acids is 1. The lowest BCUT2D eigenvalue weighted by Gasteiger charge is -2.38.